The zero-order valence-electron chi connectivity index (χ0n) is 11.4. The van der Waals surface area contributed by atoms with Gasteiger partial charge in [0.25, 0.3) is 5.91 Å². The topological polar surface area (TPSA) is 84.5 Å². The van der Waals surface area contributed by atoms with E-state index >= 15 is 0 Å². The largest absolute Gasteiger partial charge is 0.495 e. The van der Waals surface area contributed by atoms with E-state index in [1.54, 1.807) is 0 Å². The Kier molecular flexibility index (Phi) is 4.90. The average Bonchev–Trinajstić information content (AvgIpc) is 2.37. The van der Waals surface area contributed by atoms with Crippen LogP contribution in [0.2, 0.25) is 0 Å². The van der Waals surface area contributed by atoms with E-state index in [4.69, 9.17) is 4.74 Å². The number of hydrogen-bond donors (Lipinski definition) is 2. The SMILES string of the molecule is CNS(=O)(=O)c1cc(C(=O)NC(C)C)ccc1OC. The van der Waals surface area contributed by atoms with Crippen molar-refractivity contribution in [2.45, 2.75) is 24.8 Å². The van der Waals surface area contributed by atoms with Crippen LogP contribution in [0.15, 0.2) is 23.1 Å². The molecule has 0 aliphatic heterocycles. The lowest BCUT2D eigenvalue weighted by atomic mass is 10.2. The summed E-state index contributed by atoms with van der Waals surface area (Å²) in [4.78, 5) is 11.8. The summed E-state index contributed by atoms with van der Waals surface area (Å²) >= 11 is 0. The van der Waals surface area contributed by atoms with E-state index in [9.17, 15) is 13.2 Å². The molecule has 1 aromatic carbocycles. The van der Waals surface area contributed by atoms with E-state index in [0.717, 1.165) is 0 Å². The molecular weight excluding hydrogens is 268 g/mol. The number of amides is 1. The van der Waals surface area contributed by atoms with Crippen molar-refractivity contribution in [1.29, 1.82) is 0 Å². The smallest absolute Gasteiger partial charge is 0.251 e. The summed E-state index contributed by atoms with van der Waals surface area (Å²) in [5, 5.41) is 2.70. The highest BCUT2D eigenvalue weighted by Crippen LogP contribution is 2.24. The minimum absolute atomic E-state index is 0.0287. The summed E-state index contributed by atoms with van der Waals surface area (Å²) in [5.41, 5.74) is 0.267. The second kappa shape index (κ2) is 6.03. The zero-order valence-corrected chi connectivity index (χ0v) is 12.2. The summed E-state index contributed by atoms with van der Waals surface area (Å²) in [5.74, 6) is -0.138. The molecule has 0 aliphatic rings. The fourth-order valence-corrected chi connectivity index (χ4v) is 2.40. The van der Waals surface area contributed by atoms with Crippen molar-refractivity contribution >= 4 is 15.9 Å². The molecule has 0 unspecified atom stereocenters. The molecule has 0 spiro atoms. The van der Waals surface area contributed by atoms with Crippen LogP contribution in [-0.4, -0.2) is 34.5 Å². The third-order valence-corrected chi connectivity index (χ3v) is 3.84. The van der Waals surface area contributed by atoms with E-state index in [-0.39, 0.29) is 28.2 Å². The van der Waals surface area contributed by atoms with Crippen molar-refractivity contribution < 1.29 is 17.9 Å². The van der Waals surface area contributed by atoms with E-state index in [0.29, 0.717) is 0 Å². The van der Waals surface area contributed by atoms with Gasteiger partial charge in [0.05, 0.1) is 7.11 Å². The van der Waals surface area contributed by atoms with E-state index in [1.807, 2.05) is 13.8 Å². The highest BCUT2D eigenvalue weighted by atomic mass is 32.2. The van der Waals surface area contributed by atoms with Crippen LogP contribution in [0.25, 0.3) is 0 Å². The molecule has 1 amide bonds. The lowest BCUT2D eigenvalue weighted by Crippen LogP contribution is -2.30. The minimum Gasteiger partial charge on any atom is -0.495 e. The Labute approximate surface area is 113 Å². The predicted octanol–water partition coefficient (Wildman–Crippen LogP) is 0.741. The van der Waals surface area contributed by atoms with Gasteiger partial charge < -0.3 is 10.1 Å². The first kappa shape index (κ1) is 15.5. The van der Waals surface area contributed by atoms with E-state index < -0.39 is 10.0 Å². The van der Waals surface area contributed by atoms with Gasteiger partial charge in [-0.15, -0.1) is 0 Å². The van der Waals surface area contributed by atoms with Crippen molar-refractivity contribution in [2.75, 3.05) is 14.2 Å². The number of carbonyl (C=O) groups is 1. The number of methoxy groups -OCH3 is 1. The van der Waals surface area contributed by atoms with Gasteiger partial charge in [0, 0.05) is 11.6 Å². The average molecular weight is 286 g/mol. The first-order chi connectivity index (χ1) is 8.81. The first-order valence-electron chi connectivity index (χ1n) is 5.74. The fraction of sp³-hybridized carbons (Fsp3) is 0.417. The van der Waals surface area contributed by atoms with Gasteiger partial charge in [-0.25, -0.2) is 13.1 Å². The first-order valence-corrected chi connectivity index (χ1v) is 7.22. The lowest BCUT2D eigenvalue weighted by Gasteiger charge is -2.12. The van der Waals surface area contributed by atoms with E-state index in [1.165, 1.54) is 32.4 Å². The number of nitrogens with one attached hydrogen (secondary N) is 2. The summed E-state index contributed by atoms with van der Waals surface area (Å²) in [6.45, 7) is 3.65. The zero-order chi connectivity index (χ0) is 14.6. The maximum absolute atomic E-state index is 11.9. The third kappa shape index (κ3) is 3.68. The molecule has 0 saturated heterocycles. The molecule has 19 heavy (non-hydrogen) atoms. The number of ether oxygens (including phenoxy) is 1. The van der Waals surface area contributed by atoms with Crippen molar-refractivity contribution in [3.63, 3.8) is 0 Å². The normalized spacial score (nSPS) is 11.4. The second-order valence-electron chi connectivity index (χ2n) is 4.20. The van der Waals surface area contributed by atoms with Gasteiger partial charge >= 0.3 is 0 Å². The number of carbonyl (C=O) groups excluding carboxylic acids is 1. The van der Waals surface area contributed by atoms with Crippen molar-refractivity contribution in [2.24, 2.45) is 0 Å². The molecule has 0 heterocycles. The molecule has 0 aromatic heterocycles. The van der Waals surface area contributed by atoms with Gasteiger partial charge in [0.2, 0.25) is 10.0 Å². The van der Waals surface area contributed by atoms with Gasteiger partial charge in [-0.1, -0.05) is 0 Å². The van der Waals surface area contributed by atoms with Gasteiger partial charge in [-0.3, -0.25) is 4.79 Å². The molecule has 7 heteroatoms. The fourth-order valence-electron chi connectivity index (χ4n) is 1.48. The van der Waals surface area contributed by atoms with Crippen LogP contribution in [-0.2, 0) is 10.0 Å². The quantitative estimate of drug-likeness (QED) is 0.836. The Hall–Kier alpha value is -1.60. The Balaban J connectivity index is 3.27. The number of sulfonamides is 1. The number of rotatable bonds is 5. The molecule has 0 aliphatic carbocycles. The predicted molar refractivity (Wildman–Crippen MR) is 71.8 cm³/mol. The maximum atomic E-state index is 11.9. The Morgan fingerprint density at radius 3 is 2.42 bits per heavy atom. The van der Waals surface area contributed by atoms with Crippen molar-refractivity contribution in [3.05, 3.63) is 23.8 Å². The van der Waals surface area contributed by atoms with Crippen LogP contribution in [0, 0.1) is 0 Å². The molecule has 2 N–H and O–H groups in total. The Bertz CT molecular complexity index is 567. The van der Waals surface area contributed by atoms with Crippen LogP contribution in [0.1, 0.15) is 24.2 Å². The molecule has 0 atom stereocenters. The summed E-state index contributed by atoms with van der Waals surface area (Å²) in [6, 6.07) is 4.24. The van der Waals surface area contributed by atoms with Crippen LogP contribution in [0.5, 0.6) is 5.75 Å². The van der Waals surface area contributed by atoms with Crippen LogP contribution in [0.4, 0.5) is 0 Å². The van der Waals surface area contributed by atoms with Crippen LogP contribution < -0.4 is 14.8 Å². The maximum Gasteiger partial charge on any atom is 0.251 e. The highest BCUT2D eigenvalue weighted by Gasteiger charge is 2.20. The van der Waals surface area contributed by atoms with Crippen molar-refractivity contribution in [1.82, 2.24) is 10.0 Å². The monoisotopic (exact) mass is 286 g/mol. The third-order valence-electron chi connectivity index (χ3n) is 2.40. The molecule has 6 nitrogen and oxygen atoms in total. The van der Waals surface area contributed by atoms with E-state index in [2.05, 4.69) is 10.0 Å². The second-order valence-corrected chi connectivity index (χ2v) is 6.06. The summed E-state index contributed by atoms with van der Waals surface area (Å²) in [7, 11) is -1.01. The summed E-state index contributed by atoms with van der Waals surface area (Å²) < 4.78 is 30.9. The Morgan fingerprint density at radius 2 is 1.95 bits per heavy atom. The molecule has 106 valence electrons. The lowest BCUT2D eigenvalue weighted by molar-refractivity contribution is 0.0943. The van der Waals surface area contributed by atoms with Gasteiger partial charge in [0.15, 0.2) is 0 Å². The number of hydrogen-bond acceptors (Lipinski definition) is 4. The molecule has 0 fully saturated rings. The van der Waals surface area contributed by atoms with Gasteiger partial charge in [0.1, 0.15) is 10.6 Å². The molecule has 0 bridgehead atoms. The van der Waals surface area contributed by atoms with Crippen LogP contribution >= 0.6 is 0 Å². The van der Waals surface area contributed by atoms with Crippen LogP contribution in [0.3, 0.4) is 0 Å². The molecular formula is C12H18N2O4S. The van der Waals surface area contributed by atoms with Crippen molar-refractivity contribution in [3.8, 4) is 5.75 Å². The highest BCUT2D eigenvalue weighted by molar-refractivity contribution is 7.89. The molecule has 0 saturated carbocycles. The molecule has 1 rings (SSSR count). The standard InChI is InChI=1S/C12H18N2O4S/c1-8(2)14-12(15)9-5-6-10(18-4)11(7-9)19(16,17)13-3/h5-8,13H,1-4H3,(H,14,15). The number of benzene rings is 1. The minimum atomic E-state index is -3.68. The summed E-state index contributed by atoms with van der Waals surface area (Å²) in [6.07, 6.45) is 0. The molecule has 0 radical (unpaired) electrons. The Morgan fingerprint density at radius 1 is 1.32 bits per heavy atom. The van der Waals surface area contributed by atoms with Gasteiger partial charge in [-0.2, -0.15) is 0 Å². The van der Waals surface area contributed by atoms with Gasteiger partial charge in [-0.05, 0) is 39.1 Å². The molecule has 1 aromatic rings.